The van der Waals surface area contributed by atoms with Crippen LogP contribution in [-0.2, 0) is 21.7 Å². The molecule has 0 bridgehead atoms. The van der Waals surface area contributed by atoms with Crippen LogP contribution in [0.1, 0.15) is 137 Å². The maximum atomic E-state index is 10.7. The minimum Gasteiger partial charge on any atom is -0.371 e. The lowest BCUT2D eigenvalue weighted by atomic mass is 9.66. The fraction of sp³-hybridized carbons (Fsp3) is 0.357. The molecule has 0 saturated heterocycles. The van der Waals surface area contributed by atoms with Gasteiger partial charge in [-0.15, -0.1) is 0 Å². The smallest absolute Gasteiger partial charge is 0.0998 e. The predicted molar refractivity (Wildman–Crippen MR) is 252 cm³/mol. The number of hydrogen-bond donors (Lipinski definition) is 0. The van der Waals surface area contributed by atoms with Crippen LogP contribution in [0, 0.1) is 22.7 Å². The summed E-state index contributed by atoms with van der Waals surface area (Å²) in [6.07, 6.45) is 12.9. The molecule has 0 unspecified atom stereocenters. The Kier molecular flexibility index (Phi) is 9.52. The van der Waals surface area contributed by atoms with Crippen molar-refractivity contribution in [3.05, 3.63) is 141 Å². The van der Waals surface area contributed by atoms with Gasteiger partial charge in [0.05, 0.1) is 23.3 Å². The van der Waals surface area contributed by atoms with Gasteiger partial charge in [0.2, 0.25) is 0 Å². The van der Waals surface area contributed by atoms with Crippen molar-refractivity contribution in [2.75, 3.05) is 36.0 Å². The summed E-state index contributed by atoms with van der Waals surface area (Å²) in [7, 11) is 0. The van der Waals surface area contributed by atoms with Crippen LogP contribution in [0.5, 0.6) is 0 Å². The van der Waals surface area contributed by atoms with Gasteiger partial charge in [0.1, 0.15) is 0 Å². The van der Waals surface area contributed by atoms with Gasteiger partial charge in [0.15, 0.2) is 0 Å². The summed E-state index contributed by atoms with van der Waals surface area (Å²) in [4.78, 5) is 5.25. The van der Waals surface area contributed by atoms with E-state index in [1.807, 2.05) is 12.1 Å². The van der Waals surface area contributed by atoms with Crippen molar-refractivity contribution >= 4 is 35.7 Å². The summed E-state index contributed by atoms with van der Waals surface area (Å²) in [5, 5.41) is 21.3. The first-order valence-corrected chi connectivity index (χ1v) is 22.0. The Balaban J connectivity index is 1.18. The summed E-state index contributed by atoms with van der Waals surface area (Å²) >= 11 is 0. The van der Waals surface area contributed by atoms with Crippen molar-refractivity contribution in [1.82, 2.24) is 0 Å². The molecule has 5 aromatic rings. The highest BCUT2D eigenvalue weighted by molar-refractivity contribution is 5.93. The average Bonchev–Trinajstić information content (AvgIpc) is 3.23. The Morgan fingerprint density at radius 1 is 0.450 bits per heavy atom. The highest BCUT2D eigenvalue weighted by atomic mass is 15.2. The van der Waals surface area contributed by atoms with Crippen LogP contribution in [0.25, 0.3) is 46.6 Å². The zero-order valence-corrected chi connectivity index (χ0v) is 36.8. The van der Waals surface area contributed by atoms with Crippen LogP contribution in [0.2, 0.25) is 0 Å². The van der Waals surface area contributed by atoms with Gasteiger partial charge < -0.3 is 9.80 Å². The van der Waals surface area contributed by atoms with E-state index in [2.05, 4.69) is 174 Å². The van der Waals surface area contributed by atoms with E-state index in [0.29, 0.717) is 11.1 Å². The summed E-state index contributed by atoms with van der Waals surface area (Å²) < 4.78 is 0. The molecule has 0 radical (unpaired) electrons. The first kappa shape index (κ1) is 39.6. The molecular formula is C56H58N4. The number of nitrogens with zero attached hydrogens (tertiary/aromatic N) is 4. The second-order valence-electron chi connectivity index (χ2n) is 20.4. The number of nitriles is 2. The van der Waals surface area contributed by atoms with Gasteiger partial charge in [0.25, 0.3) is 0 Å². The van der Waals surface area contributed by atoms with E-state index in [4.69, 9.17) is 0 Å². The minimum absolute atomic E-state index is 0.0101. The minimum atomic E-state index is -0.0101. The number of anilines is 2. The van der Waals surface area contributed by atoms with E-state index >= 15 is 0 Å². The van der Waals surface area contributed by atoms with E-state index in [1.54, 1.807) is 0 Å². The molecule has 302 valence electrons. The van der Waals surface area contributed by atoms with Crippen LogP contribution in [0.3, 0.4) is 0 Å². The van der Waals surface area contributed by atoms with Crippen molar-refractivity contribution in [1.29, 1.82) is 10.5 Å². The molecule has 4 aliphatic heterocycles. The zero-order chi connectivity index (χ0) is 42.2. The topological polar surface area (TPSA) is 54.1 Å². The third-order valence-corrected chi connectivity index (χ3v) is 14.6. The Hall–Kier alpha value is -5.84. The number of rotatable bonds is 6. The second-order valence-corrected chi connectivity index (χ2v) is 20.4. The monoisotopic (exact) mass is 786 g/mol. The van der Waals surface area contributed by atoms with Gasteiger partial charge in [-0.2, -0.15) is 10.5 Å². The number of benzene rings is 5. The largest absolute Gasteiger partial charge is 0.371 e. The van der Waals surface area contributed by atoms with Crippen LogP contribution in [0.4, 0.5) is 11.4 Å². The quantitative estimate of drug-likeness (QED) is 0.161. The molecule has 4 aliphatic rings. The molecule has 0 atom stereocenters. The standard InChI is InChI=1S/C56H58N4/c1-53(2)23-27-59-29-25-55(5,6)49-47(37-15-11-9-12-16-37)41(33-45(53)51(49)59)21-19-39-31-44(36-58)40(32-43(39)35-57)20-22-42-34-46-52-50(48(42)38-17-13-10-14-18-38)56(7,8)26-30-60(52)28-24-54(46,3)4/h9-22,31-34H,23-30H2,1-8H3/b21-19+,22-20+. The van der Waals surface area contributed by atoms with Gasteiger partial charge in [-0.25, -0.2) is 0 Å². The molecule has 5 aromatic carbocycles. The molecule has 0 fully saturated rings. The van der Waals surface area contributed by atoms with E-state index in [1.165, 1.54) is 55.9 Å². The fourth-order valence-electron chi connectivity index (χ4n) is 10.8. The lowest BCUT2D eigenvalue weighted by Crippen LogP contribution is -2.45. The van der Waals surface area contributed by atoms with E-state index < -0.39 is 0 Å². The van der Waals surface area contributed by atoms with E-state index in [9.17, 15) is 10.5 Å². The Bertz CT molecular complexity index is 2490. The van der Waals surface area contributed by atoms with Crippen molar-refractivity contribution in [3.8, 4) is 34.4 Å². The Morgan fingerprint density at radius 3 is 1.13 bits per heavy atom. The van der Waals surface area contributed by atoms with Crippen molar-refractivity contribution in [2.45, 2.75) is 103 Å². The second kappa shape index (κ2) is 14.4. The summed E-state index contributed by atoms with van der Waals surface area (Å²) in [5.74, 6) is 0. The fourth-order valence-corrected chi connectivity index (χ4v) is 10.8. The third-order valence-electron chi connectivity index (χ3n) is 14.6. The molecule has 0 aromatic heterocycles. The number of hydrogen-bond acceptors (Lipinski definition) is 4. The Labute approximate surface area is 358 Å². The van der Waals surface area contributed by atoms with Crippen molar-refractivity contribution in [2.24, 2.45) is 0 Å². The van der Waals surface area contributed by atoms with Gasteiger partial charge in [-0.1, -0.05) is 140 Å². The maximum absolute atomic E-state index is 10.7. The molecule has 9 rings (SSSR count). The van der Waals surface area contributed by atoms with E-state index in [-0.39, 0.29) is 21.7 Å². The van der Waals surface area contributed by atoms with Gasteiger partial charge >= 0.3 is 0 Å². The molecule has 4 nitrogen and oxygen atoms in total. The first-order valence-electron chi connectivity index (χ1n) is 22.0. The first-order chi connectivity index (χ1) is 28.6. The molecule has 60 heavy (non-hydrogen) atoms. The molecule has 4 heterocycles. The lowest BCUT2D eigenvalue weighted by molar-refractivity contribution is 0.402. The summed E-state index contributed by atoms with van der Waals surface area (Å²) in [6.45, 7) is 23.4. The Morgan fingerprint density at radius 2 is 0.783 bits per heavy atom. The van der Waals surface area contributed by atoms with Gasteiger partial charge in [0, 0.05) is 37.6 Å². The molecule has 4 heteroatoms. The highest BCUT2D eigenvalue weighted by Crippen LogP contribution is 2.55. The summed E-state index contributed by atoms with van der Waals surface area (Å²) in [6, 6.07) is 35.3. The van der Waals surface area contributed by atoms with Crippen LogP contribution in [-0.4, -0.2) is 26.2 Å². The lowest BCUT2D eigenvalue weighted by Gasteiger charge is -2.49. The molecule has 0 saturated carbocycles. The zero-order valence-electron chi connectivity index (χ0n) is 36.8. The third kappa shape index (κ3) is 6.57. The average molecular weight is 787 g/mol. The van der Waals surface area contributed by atoms with Crippen LogP contribution < -0.4 is 9.80 Å². The molecule has 0 aliphatic carbocycles. The molecular weight excluding hydrogens is 729 g/mol. The molecule has 0 spiro atoms. The predicted octanol–water partition coefficient (Wildman–Crippen LogP) is 13.4. The maximum Gasteiger partial charge on any atom is 0.0998 e. The SMILES string of the molecule is CC1(C)CCN2CCC(C)(C)c3c(-c4ccccc4)c(/C=C/c4cc(C#N)c(/C=C/c5cc6c7c(c5-c5ccccc5)C(C)(C)CCN7CCC6(C)C)cc4C#N)cc1c32. The molecule has 0 amide bonds. The van der Waals surface area contributed by atoms with Gasteiger partial charge in [-0.05, 0) is 138 Å². The van der Waals surface area contributed by atoms with Crippen LogP contribution in [0.15, 0.2) is 84.9 Å². The van der Waals surface area contributed by atoms with Gasteiger partial charge in [-0.3, -0.25) is 0 Å². The van der Waals surface area contributed by atoms with Crippen LogP contribution >= 0.6 is 0 Å². The molecule has 0 N–H and O–H groups in total. The highest BCUT2D eigenvalue weighted by Gasteiger charge is 2.43. The van der Waals surface area contributed by atoms with E-state index in [0.717, 1.165) is 74.1 Å². The van der Waals surface area contributed by atoms with Crippen molar-refractivity contribution < 1.29 is 0 Å². The summed E-state index contributed by atoms with van der Waals surface area (Å²) in [5.41, 5.74) is 18.4. The normalized spacial score (nSPS) is 19.1. The van der Waals surface area contributed by atoms with Crippen molar-refractivity contribution in [3.63, 3.8) is 0 Å².